The van der Waals surface area contributed by atoms with Gasteiger partial charge >= 0.3 is 0 Å². The van der Waals surface area contributed by atoms with Crippen molar-refractivity contribution in [2.24, 2.45) is 10.7 Å². The SMILES string of the molecule is COc1ccc(NC(N)=NCCc2c[nH]c3ccc(Cl)cc23)cc1.I. The summed E-state index contributed by atoms with van der Waals surface area (Å²) >= 11 is 6.06. The summed E-state index contributed by atoms with van der Waals surface area (Å²) in [6.07, 6.45) is 2.77. The van der Waals surface area contributed by atoms with E-state index in [1.807, 2.05) is 48.7 Å². The van der Waals surface area contributed by atoms with Gasteiger partial charge in [-0.1, -0.05) is 11.6 Å². The van der Waals surface area contributed by atoms with Crippen LogP contribution in [0.3, 0.4) is 0 Å². The predicted octanol–water partition coefficient (Wildman–Crippen LogP) is 4.42. The van der Waals surface area contributed by atoms with Crippen LogP contribution in [0.5, 0.6) is 5.75 Å². The number of nitrogens with zero attached hydrogens (tertiary/aromatic N) is 1. The number of fused-ring (bicyclic) bond motifs is 1. The number of aromatic amines is 1. The first kappa shape index (κ1) is 19.4. The van der Waals surface area contributed by atoms with Crippen molar-refractivity contribution in [3.8, 4) is 5.75 Å². The first-order valence-corrected chi connectivity index (χ1v) is 8.00. The Kier molecular flexibility index (Phi) is 6.95. The molecule has 0 fully saturated rings. The van der Waals surface area contributed by atoms with Crippen molar-refractivity contribution in [1.82, 2.24) is 4.98 Å². The molecule has 0 radical (unpaired) electrons. The van der Waals surface area contributed by atoms with E-state index in [9.17, 15) is 0 Å². The molecular weight excluding hydrogens is 451 g/mol. The maximum atomic E-state index is 6.06. The van der Waals surface area contributed by atoms with E-state index in [2.05, 4.69) is 15.3 Å². The third-order valence-electron chi connectivity index (χ3n) is 3.76. The molecule has 0 amide bonds. The summed E-state index contributed by atoms with van der Waals surface area (Å²) in [5.74, 6) is 1.19. The molecular formula is C18H20ClIN4O. The van der Waals surface area contributed by atoms with Crippen LogP contribution in [0.4, 0.5) is 5.69 Å². The molecule has 7 heteroatoms. The third kappa shape index (κ3) is 5.02. The standard InChI is InChI=1S/C18H19ClN4O.HI/c1-24-15-5-3-14(4-6-15)23-18(20)21-9-8-12-11-22-17-7-2-13(19)10-16(12)17;/h2-7,10-11,22H,8-9H2,1H3,(H3,20,21,23);1H. The maximum absolute atomic E-state index is 6.06. The van der Waals surface area contributed by atoms with Crippen molar-refractivity contribution in [3.05, 3.63) is 59.2 Å². The molecule has 5 nitrogen and oxygen atoms in total. The van der Waals surface area contributed by atoms with Gasteiger partial charge in [-0.25, -0.2) is 0 Å². The fourth-order valence-corrected chi connectivity index (χ4v) is 2.69. The molecule has 1 aromatic heterocycles. The molecule has 25 heavy (non-hydrogen) atoms. The van der Waals surface area contributed by atoms with E-state index in [-0.39, 0.29) is 24.0 Å². The largest absolute Gasteiger partial charge is 0.497 e. The fourth-order valence-electron chi connectivity index (χ4n) is 2.52. The topological polar surface area (TPSA) is 75.4 Å². The summed E-state index contributed by atoms with van der Waals surface area (Å²) in [5.41, 5.74) is 9.05. The lowest BCUT2D eigenvalue weighted by atomic mass is 10.1. The van der Waals surface area contributed by atoms with Gasteiger partial charge in [-0.3, -0.25) is 4.99 Å². The molecule has 1 heterocycles. The average molecular weight is 471 g/mol. The second-order valence-corrected chi connectivity index (χ2v) is 5.81. The van der Waals surface area contributed by atoms with E-state index in [1.165, 1.54) is 5.56 Å². The Balaban J connectivity index is 0.00000225. The second-order valence-electron chi connectivity index (χ2n) is 5.37. The van der Waals surface area contributed by atoms with Crippen LogP contribution in [0.25, 0.3) is 10.9 Å². The van der Waals surface area contributed by atoms with E-state index in [0.29, 0.717) is 12.5 Å². The number of rotatable bonds is 5. The number of anilines is 1. The van der Waals surface area contributed by atoms with Crippen LogP contribution in [0.1, 0.15) is 5.56 Å². The van der Waals surface area contributed by atoms with Crippen molar-refractivity contribution in [2.45, 2.75) is 6.42 Å². The minimum Gasteiger partial charge on any atom is -0.497 e. The molecule has 3 aromatic rings. The Hall–Kier alpha value is -1.93. The molecule has 0 aliphatic heterocycles. The average Bonchev–Trinajstić information content (AvgIpc) is 2.98. The number of guanidine groups is 1. The Labute approximate surface area is 168 Å². The van der Waals surface area contributed by atoms with Crippen molar-refractivity contribution >= 4 is 58.1 Å². The van der Waals surface area contributed by atoms with Gasteiger partial charge in [0.15, 0.2) is 5.96 Å². The number of methoxy groups -OCH3 is 1. The quantitative estimate of drug-likeness (QED) is 0.294. The summed E-state index contributed by atoms with van der Waals surface area (Å²) in [4.78, 5) is 7.61. The molecule has 0 bridgehead atoms. The Morgan fingerprint density at radius 2 is 2.00 bits per heavy atom. The molecule has 0 atom stereocenters. The number of hydrogen-bond donors (Lipinski definition) is 3. The molecule has 4 N–H and O–H groups in total. The number of halogens is 2. The van der Waals surface area contributed by atoms with Crippen LogP contribution in [0.2, 0.25) is 5.02 Å². The first-order chi connectivity index (χ1) is 11.7. The lowest BCUT2D eigenvalue weighted by Gasteiger charge is -2.06. The zero-order valence-electron chi connectivity index (χ0n) is 13.8. The van der Waals surface area contributed by atoms with Gasteiger partial charge < -0.3 is 20.8 Å². The van der Waals surface area contributed by atoms with Crippen molar-refractivity contribution < 1.29 is 4.74 Å². The number of benzene rings is 2. The van der Waals surface area contributed by atoms with E-state index in [0.717, 1.165) is 33.8 Å². The molecule has 0 saturated carbocycles. The fraction of sp³-hybridized carbons (Fsp3) is 0.167. The van der Waals surface area contributed by atoms with E-state index in [1.54, 1.807) is 7.11 Å². The second kappa shape index (κ2) is 8.96. The highest BCUT2D eigenvalue weighted by Gasteiger charge is 2.04. The van der Waals surface area contributed by atoms with Crippen molar-refractivity contribution in [1.29, 1.82) is 0 Å². The Morgan fingerprint density at radius 3 is 2.72 bits per heavy atom. The van der Waals surface area contributed by atoms with Gasteiger partial charge in [0.25, 0.3) is 0 Å². The smallest absolute Gasteiger partial charge is 0.193 e. The molecule has 0 aliphatic carbocycles. The van der Waals surface area contributed by atoms with Gasteiger partial charge in [0.2, 0.25) is 0 Å². The van der Waals surface area contributed by atoms with Gasteiger partial charge in [0.05, 0.1) is 7.11 Å². The van der Waals surface area contributed by atoms with Crippen LogP contribution in [0.15, 0.2) is 53.7 Å². The molecule has 3 rings (SSSR count). The van der Waals surface area contributed by atoms with Crippen molar-refractivity contribution in [3.63, 3.8) is 0 Å². The number of aromatic nitrogens is 1. The number of aliphatic imine (C=N–C) groups is 1. The molecule has 132 valence electrons. The van der Waals surface area contributed by atoms with Gasteiger partial charge in [-0.15, -0.1) is 24.0 Å². The monoisotopic (exact) mass is 470 g/mol. The summed E-state index contributed by atoms with van der Waals surface area (Å²) in [6, 6.07) is 13.3. The van der Waals surface area contributed by atoms with Gasteiger partial charge in [0.1, 0.15) is 5.75 Å². The van der Waals surface area contributed by atoms with E-state index in [4.69, 9.17) is 22.1 Å². The summed E-state index contributed by atoms with van der Waals surface area (Å²) in [5, 5.41) is 4.92. The number of H-pyrrole nitrogens is 1. The highest BCUT2D eigenvalue weighted by molar-refractivity contribution is 14.0. The molecule has 0 saturated heterocycles. The first-order valence-electron chi connectivity index (χ1n) is 7.62. The molecule has 2 aromatic carbocycles. The van der Waals surface area contributed by atoms with Crippen LogP contribution in [-0.2, 0) is 6.42 Å². The Morgan fingerprint density at radius 1 is 1.24 bits per heavy atom. The van der Waals surface area contributed by atoms with Crippen LogP contribution in [0, 0.1) is 0 Å². The zero-order chi connectivity index (χ0) is 16.9. The van der Waals surface area contributed by atoms with Gasteiger partial charge in [-0.2, -0.15) is 0 Å². The summed E-state index contributed by atoms with van der Waals surface area (Å²) in [7, 11) is 1.64. The summed E-state index contributed by atoms with van der Waals surface area (Å²) < 4.78 is 5.12. The van der Waals surface area contributed by atoms with Gasteiger partial charge in [-0.05, 0) is 54.4 Å². The Bertz CT molecular complexity index is 861. The van der Waals surface area contributed by atoms with Crippen LogP contribution in [-0.4, -0.2) is 24.6 Å². The third-order valence-corrected chi connectivity index (χ3v) is 3.99. The normalized spacial score (nSPS) is 11.2. The van der Waals surface area contributed by atoms with Crippen molar-refractivity contribution in [2.75, 3.05) is 19.0 Å². The minimum absolute atomic E-state index is 0. The van der Waals surface area contributed by atoms with Crippen LogP contribution < -0.4 is 15.8 Å². The number of hydrogen-bond acceptors (Lipinski definition) is 2. The summed E-state index contributed by atoms with van der Waals surface area (Å²) in [6.45, 7) is 0.592. The number of nitrogens with one attached hydrogen (secondary N) is 2. The number of nitrogens with two attached hydrogens (primary N) is 1. The maximum Gasteiger partial charge on any atom is 0.193 e. The lowest BCUT2D eigenvalue weighted by molar-refractivity contribution is 0.415. The number of ether oxygens (including phenoxy) is 1. The van der Waals surface area contributed by atoms with Crippen LogP contribution >= 0.6 is 35.6 Å². The van der Waals surface area contributed by atoms with E-state index >= 15 is 0 Å². The van der Waals surface area contributed by atoms with E-state index < -0.39 is 0 Å². The highest BCUT2D eigenvalue weighted by atomic mass is 127. The highest BCUT2D eigenvalue weighted by Crippen LogP contribution is 2.22. The molecule has 0 unspecified atom stereocenters. The molecule has 0 aliphatic rings. The minimum atomic E-state index is 0. The van der Waals surface area contributed by atoms with Gasteiger partial charge in [0, 0.05) is 34.4 Å². The predicted molar refractivity (Wildman–Crippen MR) is 116 cm³/mol. The zero-order valence-corrected chi connectivity index (χ0v) is 16.8. The lowest BCUT2D eigenvalue weighted by Crippen LogP contribution is -2.23. The molecule has 0 spiro atoms.